The summed E-state index contributed by atoms with van der Waals surface area (Å²) in [5.41, 5.74) is 0.812. The van der Waals surface area contributed by atoms with E-state index < -0.39 is 11.8 Å². The van der Waals surface area contributed by atoms with Crippen molar-refractivity contribution < 1.29 is 14.3 Å². The SMILES string of the molecule is O=C(O)c1ccc(Nc2ncnc3ccccc23)cc1F. The number of halogens is 1. The predicted octanol–water partition coefficient (Wildman–Crippen LogP) is 3.21. The molecular weight excluding hydrogens is 273 g/mol. The Balaban J connectivity index is 1.99. The molecule has 2 aromatic carbocycles. The highest BCUT2D eigenvalue weighted by atomic mass is 19.1. The van der Waals surface area contributed by atoms with Crippen molar-refractivity contribution in [2.45, 2.75) is 0 Å². The van der Waals surface area contributed by atoms with E-state index in [-0.39, 0.29) is 5.56 Å². The van der Waals surface area contributed by atoms with Gasteiger partial charge in [0.25, 0.3) is 0 Å². The number of para-hydroxylation sites is 1. The maximum Gasteiger partial charge on any atom is 0.338 e. The van der Waals surface area contributed by atoms with E-state index in [1.807, 2.05) is 24.3 Å². The van der Waals surface area contributed by atoms with E-state index in [4.69, 9.17) is 5.11 Å². The molecule has 3 aromatic rings. The van der Waals surface area contributed by atoms with Gasteiger partial charge in [0.1, 0.15) is 18.0 Å². The quantitative estimate of drug-likeness (QED) is 0.772. The van der Waals surface area contributed by atoms with Crippen LogP contribution in [0.3, 0.4) is 0 Å². The summed E-state index contributed by atoms with van der Waals surface area (Å²) in [7, 11) is 0. The number of benzene rings is 2. The first-order valence-electron chi connectivity index (χ1n) is 6.15. The molecule has 1 heterocycles. The molecule has 3 rings (SSSR count). The zero-order valence-corrected chi connectivity index (χ0v) is 10.7. The van der Waals surface area contributed by atoms with Gasteiger partial charge in [-0.2, -0.15) is 0 Å². The molecular formula is C15H10FN3O2. The van der Waals surface area contributed by atoms with Crippen LogP contribution in [0.15, 0.2) is 48.8 Å². The highest BCUT2D eigenvalue weighted by molar-refractivity contribution is 5.91. The smallest absolute Gasteiger partial charge is 0.338 e. The van der Waals surface area contributed by atoms with E-state index in [2.05, 4.69) is 15.3 Å². The van der Waals surface area contributed by atoms with Crippen LogP contribution >= 0.6 is 0 Å². The van der Waals surface area contributed by atoms with E-state index in [1.54, 1.807) is 0 Å². The molecule has 1 aromatic heterocycles. The number of hydrogen-bond donors (Lipinski definition) is 2. The van der Waals surface area contributed by atoms with Crippen LogP contribution in [0.5, 0.6) is 0 Å². The molecule has 0 bridgehead atoms. The van der Waals surface area contributed by atoms with Crippen molar-refractivity contribution in [1.29, 1.82) is 0 Å². The van der Waals surface area contributed by atoms with E-state index in [0.29, 0.717) is 11.5 Å². The van der Waals surface area contributed by atoms with Gasteiger partial charge in [-0.1, -0.05) is 12.1 Å². The average Bonchev–Trinajstić information content (AvgIpc) is 2.47. The Morgan fingerprint density at radius 2 is 1.95 bits per heavy atom. The normalized spacial score (nSPS) is 10.5. The minimum atomic E-state index is -1.30. The number of carbonyl (C=O) groups is 1. The summed E-state index contributed by atoms with van der Waals surface area (Å²) in [6.07, 6.45) is 1.41. The van der Waals surface area contributed by atoms with Crippen molar-refractivity contribution in [3.63, 3.8) is 0 Å². The lowest BCUT2D eigenvalue weighted by atomic mass is 10.2. The van der Waals surface area contributed by atoms with E-state index in [1.165, 1.54) is 18.5 Å². The maximum absolute atomic E-state index is 13.7. The van der Waals surface area contributed by atoms with Gasteiger partial charge >= 0.3 is 5.97 Å². The number of rotatable bonds is 3. The Kier molecular flexibility index (Phi) is 3.19. The Morgan fingerprint density at radius 3 is 2.71 bits per heavy atom. The highest BCUT2D eigenvalue weighted by Crippen LogP contribution is 2.23. The van der Waals surface area contributed by atoms with Gasteiger partial charge in [0, 0.05) is 11.1 Å². The molecule has 0 saturated carbocycles. The number of anilines is 2. The van der Waals surface area contributed by atoms with Crippen LogP contribution < -0.4 is 5.32 Å². The number of nitrogens with one attached hydrogen (secondary N) is 1. The minimum absolute atomic E-state index is 0.368. The average molecular weight is 283 g/mol. The van der Waals surface area contributed by atoms with Crippen LogP contribution in [0.1, 0.15) is 10.4 Å². The first-order valence-corrected chi connectivity index (χ1v) is 6.15. The summed E-state index contributed by atoms with van der Waals surface area (Å²) < 4.78 is 13.7. The number of aromatic nitrogens is 2. The van der Waals surface area contributed by atoms with E-state index in [0.717, 1.165) is 17.0 Å². The van der Waals surface area contributed by atoms with Crippen molar-refractivity contribution in [3.8, 4) is 0 Å². The van der Waals surface area contributed by atoms with Gasteiger partial charge in [0.2, 0.25) is 0 Å². The van der Waals surface area contributed by atoms with Crippen molar-refractivity contribution in [2.75, 3.05) is 5.32 Å². The molecule has 0 atom stereocenters. The second-order valence-electron chi connectivity index (χ2n) is 4.36. The van der Waals surface area contributed by atoms with Crippen LogP contribution in [0.2, 0.25) is 0 Å². The van der Waals surface area contributed by atoms with Crippen molar-refractivity contribution in [1.82, 2.24) is 9.97 Å². The molecule has 0 aliphatic heterocycles. The van der Waals surface area contributed by atoms with Crippen LogP contribution in [-0.4, -0.2) is 21.0 Å². The number of fused-ring (bicyclic) bond motifs is 1. The summed E-state index contributed by atoms with van der Waals surface area (Å²) in [4.78, 5) is 19.0. The fourth-order valence-corrected chi connectivity index (χ4v) is 2.01. The third-order valence-electron chi connectivity index (χ3n) is 3.01. The lowest BCUT2D eigenvalue weighted by Crippen LogP contribution is -2.02. The third kappa shape index (κ3) is 2.51. The number of hydrogen-bond acceptors (Lipinski definition) is 4. The van der Waals surface area contributed by atoms with Gasteiger partial charge in [-0.3, -0.25) is 0 Å². The fraction of sp³-hybridized carbons (Fsp3) is 0. The number of carboxylic acids is 1. The van der Waals surface area contributed by atoms with Crippen molar-refractivity contribution >= 4 is 28.4 Å². The highest BCUT2D eigenvalue weighted by Gasteiger charge is 2.11. The Bertz CT molecular complexity index is 831. The molecule has 0 saturated heterocycles. The molecule has 0 aliphatic carbocycles. The van der Waals surface area contributed by atoms with Crippen molar-refractivity contribution in [3.05, 3.63) is 60.2 Å². The number of nitrogens with zero attached hydrogens (tertiary/aromatic N) is 2. The van der Waals surface area contributed by atoms with E-state index >= 15 is 0 Å². The minimum Gasteiger partial charge on any atom is -0.478 e. The molecule has 104 valence electrons. The largest absolute Gasteiger partial charge is 0.478 e. The van der Waals surface area contributed by atoms with E-state index in [9.17, 15) is 9.18 Å². The lowest BCUT2D eigenvalue weighted by Gasteiger charge is -2.09. The Labute approximate surface area is 119 Å². The van der Waals surface area contributed by atoms with Crippen LogP contribution in [-0.2, 0) is 0 Å². The summed E-state index contributed by atoms with van der Waals surface area (Å²) in [6, 6.07) is 11.2. The zero-order valence-electron chi connectivity index (χ0n) is 10.7. The topological polar surface area (TPSA) is 75.1 Å². The van der Waals surface area contributed by atoms with Crippen LogP contribution in [0, 0.1) is 5.82 Å². The second-order valence-corrected chi connectivity index (χ2v) is 4.36. The number of carboxylic acid groups (broad SMARTS) is 1. The molecule has 0 unspecified atom stereocenters. The fourth-order valence-electron chi connectivity index (χ4n) is 2.01. The number of aromatic carboxylic acids is 1. The maximum atomic E-state index is 13.7. The summed E-state index contributed by atoms with van der Waals surface area (Å²) in [5.74, 6) is -1.57. The molecule has 21 heavy (non-hydrogen) atoms. The summed E-state index contributed by atoms with van der Waals surface area (Å²) in [6.45, 7) is 0. The summed E-state index contributed by atoms with van der Waals surface area (Å²) >= 11 is 0. The lowest BCUT2D eigenvalue weighted by molar-refractivity contribution is 0.0692. The van der Waals surface area contributed by atoms with Crippen molar-refractivity contribution in [2.24, 2.45) is 0 Å². The molecule has 0 spiro atoms. The first kappa shape index (κ1) is 13.0. The Hall–Kier alpha value is -3.02. The van der Waals surface area contributed by atoms with Crippen LogP contribution in [0.25, 0.3) is 10.9 Å². The van der Waals surface area contributed by atoms with Crippen LogP contribution in [0.4, 0.5) is 15.9 Å². The van der Waals surface area contributed by atoms with Gasteiger partial charge in [0.05, 0.1) is 11.1 Å². The molecule has 5 nitrogen and oxygen atoms in total. The van der Waals surface area contributed by atoms with Gasteiger partial charge < -0.3 is 10.4 Å². The monoisotopic (exact) mass is 283 g/mol. The van der Waals surface area contributed by atoms with Gasteiger partial charge in [-0.15, -0.1) is 0 Å². The molecule has 6 heteroatoms. The third-order valence-corrected chi connectivity index (χ3v) is 3.01. The standard InChI is InChI=1S/C15H10FN3O2/c16-12-7-9(5-6-10(12)15(20)21)19-14-11-3-1-2-4-13(11)17-8-18-14/h1-8H,(H,20,21)(H,17,18,19). The Morgan fingerprint density at radius 1 is 1.14 bits per heavy atom. The zero-order chi connectivity index (χ0) is 14.8. The summed E-state index contributed by atoms with van der Waals surface area (Å²) in [5, 5.41) is 12.6. The first-order chi connectivity index (χ1) is 10.1. The molecule has 0 amide bonds. The van der Waals surface area contributed by atoms with Gasteiger partial charge in [-0.05, 0) is 30.3 Å². The molecule has 2 N–H and O–H groups in total. The molecule has 0 aliphatic rings. The van der Waals surface area contributed by atoms with Gasteiger partial charge in [0.15, 0.2) is 0 Å². The molecule has 0 fully saturated rings. The predicted molar refractivity (Wildman–Crippen MR) is 76.2 cm³/mol. The second kappa shape index (κ2) is 5.16. The van der Waals surface area contributed by atoms with Gasteiger partial charge in [-0.25, -0.2) is 19.2 Å². The molecule has 0 radical (unpaired) electrons.